The zero-order valence-corrected chi connectivity index (χ0v) is 14.8. The molecular weight excluding hydrogens is 361 g/mol. The predicted molar refractivity (Wildman–Crippen MR) is 98.4 cm³/mol. The van der Waals surface area contributed by atoms with Crippen LogP contribution < -0.4 is 5.32 Å². The van der Waals surface area contributed by atoms with E-state index >= 15 is 0 Å². The topological polar surface area (TPSA) is 77.2 Å². The molecule has 1 amide bonds. The van der Waals surface area contributed by atoms with Crippen molar-refractivity contribution < 1.29 is 14.1 Å². The van der Waals surface area contributed by atoms with Gasteiger partial charge in [-0.2, -0.15) is 4.39 Å². The third-order valence-corrected chi connectivity index (χ3v) is 4.45. The van der Waals surface area contributed by atoms with Gasteiger partial charge in [0.1, 0.15) is 5.69 Å². The Bertz CT molecular complexity index is 1050. The number of nitro benzene ring substituents is 1. The number of hydrogen-bond acceptors (Lipinski definition) is 3. The van der Waals surface area contributed by atoms with Crippen LogP contribution in [0.5, 0.6) is 0 Å². The highest BCUT2D eigenvalue weighted by Gasteiger charge is 2.21. The van der Waals surface area contributed by atoms with Crippen LogP contribution in [0.2, 0.25) is 5.02 Å². The van der Waals surface area contributed by atoms with Gasteiger partial charge in [-0.05, 0) is 43.7 Å². The minimum atomic E-state index is -1.01. The first-order valence-corrected chi connectivity index (χ1v) is 8.25. The number of rotatable bonds is 4. The summed E-state index contributed by atoms with van der Waals surface area (Å²) in [7, 11) is 0. The smallest absolute Gasteiger partial charge is 0.304 e. The Morgan fingerprint density at radius 3 is 2.65 bits per heavy atom. The maximum atomic E-state index is 13.8. The van der Waals surface area contributed by atoms with E-state index in [9.17, 15) is 19.3 Å². The normalized spacial score (nSPS) is 10.9. The fourth-order valence-corrected chi connectivity index (χ4v) is 3.21. The zero-order chi connectivity index (χ0) is 19.0. The molecule has 0 radical (unpaired) electrons. The molecule has 0 atom stereocenters. The number of aromatic nitrogens is 1. The molecule has 3 rings (SSSR count). The molecule has 8 heteroatoms. The van der Waals surface area contributed by atoms with Gasteiger partial charge in [-0.15, -0.1) is 0 Å². The van der Waals surface area contributed by atoms with Crippen LogP contribution in [0.3, 0.4) is 0 Å². The summed E-state index contributed by atoms with van der Waals surface area (Å²) in [5.74, 6) is -1.43. The SMILES string of the molecule is CCn1c(C(=O)Nc2ccc([N+](=O)[O-])c(F)c2)c(C)c2cc(Cl)ccc21. The molecule has 0 aliphatic heterocycles. The van der Waals surface area contributed by atoms with Gasteiger partial charge in [-0.25, -0.2) is 0 Å². The van der Waals surface area contributed by atoms with Gasteiger partial charge in [0.15, 0.2) is 0 Å². The van der Waals surface area contributed by atoms with E-state index in [2.05, 4.69) is 5.32 Å². The number of halogens is 2. The number of nitrogens with one attached hydrogen (secondary N) is 1. The molecule has 1 N–H and O–H groups in total. The highest BCUT2D eigenvalue weighted by atomic mass is 35.5. The number of carbonyl (C=O) groups excluding carboxylic acids is 1. The van der Waals surface area contributed by atoms with Gasteiger partial charge in [0, 0.05) is 40.3 Å². The Balaban J connectivity index is 2.02. The summed E-state index contributed by atoms with van der Waals surface area (Å²) in [6, 6.07) is 8.64. The Morgan fingerprint density at radius 1 is 1.31 bits per heavy atom. The quantitative estimate of drug-likeness (QED) is 0.519. The van der Waals surface area contributed by atoms with E-state index in [1.807, 2.05) is 24.5 Å². The van der Waals surface area contributed by atoms with Crippen molar-refractivity contribution in [3.8, 4) is 0 Å². The van der Waals surface area contributed by atoms with Gasteiger partial charge in [0.2, 0.25) is 5.82 Å². The molecule has 0 fully saturated rings. The lowest BCUT2D eigenvalue weighted by atomic mass is 10.1. The average molecular weight is 376 g/mol. The van der Waals surface area contributed by atoms with Crippen LogP contribution >= 0.6 is 11.6 Å². The second kappa shape index (κ2) is 6.76. The maximum absolute atomic E-state index is 13.8. The van der Waals surface area contributed by atoms with Crippen LogP contribution in [0.4, 0.5) is 15.8 Å². The summed E-state index contributed by atoms with van der Waals surface area (Å²) in [6.07, 6.45) is 0. The van der Waals surface area contributed by atoms with Crippen LogP contribution in [0, 0.1) is 22.9 Å². The molecule has 0 unspecified atom stereocenters. The first kappa shape index (κ1) is 17.9. The van der Waals surface area contributed by atoms with E-state index in [4.69, 9.17) is 11.6 Å². The Hall–Kier alpha value is -2.93. The lowest BCUT2D eigenvalue weighted by molar-refractivity contribution is -0.387. The van der Waals surface area contributed by atoms with E-state index in [-0.39, 0.29) is 5.69 Å². The zero-order valence-electron chi connectivity index (χ0n) is 14.0. The fourth-order valence-electron chi connectivity index (χ4n) is 3.04. The van der Waals surface area contributed by atoms with Gasteiger partial charge in [-0.3, -0.25) is 14.9 Å². The summed E-state index contributed by atoms with van der Waals surface area (Å²) in [5.41, 5.74) is 1.56. The molecule has 1 heterocycles. The van der Waals surface area contributed by atoms with Gasteiger partial charge in [0.05, 0.1) is 4.92 Å². The van der Waals surface area contributed by atoms with E-state index in [1.165, 1.54) is 6.07 Å². The number of hydrogen-bond donors (Lipinski definition) is 1. The van der Waals surface area contributed by atoms with E-state index in [0.717, 1.165) is 28.6 Å². The van der Waals surface area contributed by atoms with Gasteiger partial charge in [-0.1, -0.05) is 11.6 Å². The molecule has 0 aliphatic rings. The van der Waals surface area contributed by atoms with Crippen molar-refractivity contribution in [2.45, 2.75) is 20.4 Å². The highest BCUT2D eigenvalue weighted by Crippen LogP contribution is 2.29. The monoisotopic (exact) mass is 375 g/mol. The van der Waals surface area contributed by atoms with Crippen molar-refractivity contribution in [1.82, 2.24) is 4.57 Å². The Morgan fingerprint density at radius 2 is 2.04 bits per heavy atom. The summed E-state index contributed by atoms with van der Waals surface area (Å²) in [4.78, 5) is 22.7. The molecule has 0 spiro atoms. The number of aryl methyl sites for hydroxylation is 2. The second-order valence-corrected chi connectivity index (χ2v) is 6.19. The number of benzene rings is 2. The van der Waals surface area contributed by atoms with Gasteiger partial charge in [0.25, 0.3) is 5.91 Å². The van der Waals surface area contributed by atoms with Gasteiger partial charge >= 0.3 is 5.69 Å². The standard InChI is InChI=1S/C18H15ClFN3O3/c1-3-22-15-6-4-11(19)8-13(15)10(2)17(22)18(24)21-12-5-7-16(23(25)26)14(20)9-12/h4-9H,3H2,1-2H3,(H,21,24). The highest BCUT2D eigenvalue weighted by molar-refractivity contribution is 6.31. The molecule has 0 bridgehead atoms. The van der Waals surface area contributed by atoms with E-state index in [1.54, 1.807) is 12.1 Å². The second-order valence-electron chi connectivity index (χ2n) is 5.76. The molecule has 3 aromatic rings. The summed E-state index contributed by atoms with van der Waals surface area (Å²) in [5, 5.41) is 14.7. The first-order chi connectivity index (χ1) is 12.3. The number of nitro groups is 1. The molecule has 0 aliphatic carbocycles. The summed E-state index contributed by atoms with van der Waals surface area (Å²) >= 11 is 6.06. The average Bonchev–Trinajstić information content (AvgIpc) is 2.86. The van der Waals surface area contributed by atoms with Crippen molar-refractivity contribution in [2.75, 3.05) is 5.32 Å². The molecular formula is C18H15ClFN3O3. The van der Waals surface area contributed by atoms with Crippen LogP contribution in [0.1, 0.15) is 23.0 Å². The predicted octanol–water partition coefficient (Wildman–Crippen LogP) is 4.92. The minimum absolute atomic E-state index is 0.142. The number of fused-ring (bicyclic) bond motifs is 1. The van der Waals surface area contributed by atoms with Crippen LogP contribution in [-0.4, -0.2) is 15.4 Å². The molecule has 0 saturated heterocycles. The van der Waals surface area contributed by atoms with Crippen LogP contribution in [0.15, 0.2) is 36.4 Å². The maximum Gasteiger partial charge on any atom is 0.304 e. The molecule has 2 aromatic carbocycles. The van der Waals surface area contributed by atoms with Gasteiger partial charge < -0.3 is 9.88 Å². The van der Waals surface area contributed by atoms with Crippen molar-refractivity contribution >= 4 is 39.8 Å². The number of carbonyl (C=O) groups is 1. The van der Waals surface area contributed by atoms with Crippen LogP contribution in [0.25, 0.3) is 10.9 Å². The number of amides is 1. The summed E-state index contributed by atoms with van der Waals surface area (Å²) in [6.45, 7) is 4.29. The first-order valence-electron chi connectivity index (χ1n) is 7.87. The molecule has 1 aromatic heterocycles. The van der Waals surface area contributed by atoms with Crippen molar-refractivity contribution in [2.24, 2.45) is 0 Å². The molecule has 6 nitrogen and oxygen atoms in total. The largest absolute Gasteiger partial charge is 0.337 e. The molecule has 26 heavy (non-hydrogen) atoms. The van der Waals surface area contributed by atoms with Crippen LogP contribution in [-0.2, 0) is 6.54 Å². The third-order valence-electron chi connectivity index (χ3n) is 4.21. The fraction of sp³-hybridized carbons (Fsp3) is 0.167. The Kier molecular flexibility index (Phi) is 4.65. The third kappa shape index (κ3) is 3.01. The van der Waals surface area contributed by atoms with Crippen molar-refractivity contribution in [3.63, 3.8) is 0 Å². The number of anilines is 1. The molecule has 0 saturated carbocycles. The summed E-state index contributed by atoms with van der Waals surface area (Å²) < 4.78 is 15.6. The Labute approximate surface area is 153 Å². The van der Waals surface area contributed by atoms with E-state index < -0.39 is 22.3 Å². The number of nitrogens with zero attached hydrogens (tertiary/aromatic N) is 2. The van der Waals surface area contributed by atoms with E-state index in [0.29, 0.717) is 17.3 Å². The lowest BCUT2D eigenvalue weighted by Gasteiger charge is -2.10. The van der Waals surface area contributed by atoms with Crippen molar-refractivity contribution in [3.05, 3.63) is 68.6 Å². The lowest BCUT2D eigenvalue weighted by Crippen LogP contribution is -2.18. The minimum Gasteiger partial charge on any atom is -0.337 e. The van der Waals surface area contributed by atoms with Crippen molar-refractivity contribution in [1.29, 1.82) is 0 Å². The molecule has 134 valence electrons.